The summed E-state index contributed by atoms with van der Waals surface area (Å²) < 4.78 is 11.6. The van der Waals surface area contributed by atoms with Crippen LogP contribution in [0.4, 0.5) is 5.69 Å². The van der Waals surface area contributed by atoms with Gasteiger partial charge in [0.1, 0.15) is 11.3 Å². The van der Waals surface area contributed by atoms with Gasteiger partial charge in [-0.15, -0.1) is 0 Å². The van der Waals surface area contributed by atoms with Gasteiger partial charge in [-0.25, -0.2) is 4.98 Å². The molecule has 1 heterocycles. The molecule has 0 radical (unpaired) electrons. The number of fused-ring (bicyclic) bond motifs is 1. The van der Waals surface area contributed by atoms with Crippen molar-refractivity contribution in [2.75, 3.05) is 5.32 Å². The number of rotatable bonds is 6. The first kappa shape index (κ1) is 23.7. The number of oxazole rings is 1. The van der Waals surface area contributed by atoms with Crippen molar-refractivity contribution in [2.24, 2.45) is 0 Å². The van der Waals surface area contributed by atoms with Crippen LogP contribution in [0, 0.1) is 6.92 Å². The lowest BCUT2D eigenvalue weighted by atomic mass is 10.1. The highest BCUT2D eigenvalue weighted by atomic mass is 35.5. The SMILES string of the molecule is CC[C@H](C)Oc1ccc(C(=O)NC(=S)Nc2cc(-c3nc4cc(Cl)ccc4o3)ccc2C)cc1. The second-order valence-corrected chi connectivity index (χ2v) is 8.77. The number of thiocarbonyl (C=S) groups is 1. The molecule has 2 N–H and O–H groups in total. The van der Waals surface area contributed by atoms with Gasteiger partial charge in [-0.05, 0) is 92.6 Å². The monoisotopic (exact) mass is 493 g/mol. The fourth-order valence-electron chi connectivity index (χ4n) is 3.24. The standard InChI is InChI=1S/C26H24ClN3O3S/c1-4-16(3)32-20-10-7-17(8-11-20)24(31)30-26(34)29-21-13-18(6-5-15(21)2)25-28-22-14-19(27)9-12-23(22)33-25/h5-14,16H,4H2,1-3H3,(H2,29,30,31,34)/t16-/m0/s1. The summed E-state index contributed by atoms with van der Waals surface area (Å²) in [6.07, 6.45) is 1.02. The highest BCUT2D eigenvalue weighted by molar-refractivity contribution is 7.80. The Labute approximate surface area is 208 Å². The average Bonchev–Trinajstić information content (AvgIpc) is 3.24. The molecule has 1 aromatic heterocycles. The molecule has 0 spiro atoms. The van der Waals surface area contributed by atoms with Crippen LogP contribution >= 0.6 is 23.8 Å². The normalized spacial score (nSPS) is 11.8. The number of amides is 1. The molecule has 0 unspecified atom stereocenters. The third-order valence-electron chi connectivity index (χ3n) is 5.34. The summed E-state index contributed by atoms with van der Waals surface area (Å²) in [7, 11) is 0. The van der Waals surface area contributed by atoms with E-state index >= 15 is 0 Å². The number of nitrogens with zero attached hydrogens (tertiary/aromatic N) is 1. The van der Waals surface area contributed by atoms with Crippen LogP contribution in [0.2, 0.25) is 5.02 Å². The van der Waals surface area contributed by atoms with Gasteiger partial charge in [0.15, 0.2) is 10.7 Å². The van der Waals surface area contributed by atoms with E-state index in [0.717, 1.165) is 29.0 Å². The first-order valence-electron chi connectivity index (χ1n) is 10.9. The van der Waals surface area contributed by atoms with Crippen molar-refractivity contribution in [1.29, 1.82) is 0 Å². The van der Waals surface area contributed by atoms with Crippen molar-refractivity contribution in [2.45, 2.75) is 33.3 Å². The number of nitrogens with one attached hydrogen (secondary N) is 2. The van der Waals surface area contributed by atoms with Crippen LogP contribution in [0.1, 0.15) is 36.2 Å². The summed E-state index contributed by atoms with van der Waals surface area (Å²) >= 11 is 11.4. The Morgan fingerprint density at radius 2 is 1.91 bits per heavy atom. The highest BCUT2D eigenvalue weighted by Crippen LogP contribution is 2.29. The van der Waals surface area contributed by atoms with E-state index in [-0.39, 0.29) is 17.1 Å². The summed E-state index contributed by atoms with van der Waals surface area (Å²) in [6, 6.07) is 18.0. The second-order valence-electron chi connectivity index (χ2n) is 7.93. The molecule has 0 aliphatic heterocycles. The number of halogens is 1. The Kier molecular flexibility index (Phi) is 7.14. The van der Waals surface area contributed by atoms with Gasteiger partial charge in [-0.2, -0.15) is 0 Å². The number of benzene rings is 3. The van der Waals surface area contributed by atoms with Gasteiger partial charge in [0.25, 0.3) is 5.91 Å². The largest absolute Gasteiger partial charge is 0.491 e. The van der Waals surface area contributed by atoms with E-state index in [1.807, 2.05) is 32.0 Å². The van der Waals surface area contributed by atoms with Crippen LogP contribution in [-0.4, -0.2) is 22.1 Å². The van der Waals surface area contributed by atoms with E-state index in [9.17, 15) is 4.79 Å². The first-order valence-corrected chi connectivity index (χ1v) is 11.7. The number of hydrogen-bond acceptors (Lipinski definition) is 5. The molecule has 0 fully saturated rings. The molecule has 1 atom stereocenters. The molecule has 1 amide bonds. The van der Waals surface area contributed by atoms with Crippen LogP contribution in [0.15, 0.2) is 65.1 Å². The Bertz CT molecular complexity index is 1350. The number of aromatic nitrogens is 1. The zero-order valence-corrected chi connectivity index (χ0v) is 20.6. The molecular formula is C26H24ClN3O3S. The molecule has 0 saturated carbocycles. The fraction of sp³-hybridized carbons (Fsp3) is 0.192. The summed E-state index contributed by atoms with van der Waals surface area (Å²) in [4.78, 5) is 17.1. The van der Waals surface area contributed by atoms with E-state index in [1.165, 1.54) is 0 Å². The van der Waals surface area contributed by atoms with Crippen molar-refractivity contribution >= 4 is 51.6 Å². The number of ether oxygens (including phenoxy) is 1. The molecule has 4 rings (SSSR count). The molecule has 34 heavy (non-hydrogen) atoms. The summed E-state index contributed by atoms with van der Waals surface area (Å²) in [6.45, 7) is 6.00. The summed E-state index contributed by atoms with van der Waals surface area (Å²) in [5.41, 5.74) is 4.27. The number of anilines is 1. The van der Waals surface area contributed by atoms with Crippen LogP contribution in [0.25, 0.3) is 22.6 Å². The molecular weight excluding hydrogens is 470 g/mol. The van der Waals surface area contributed by atoms with Crippen molar-refractivity contribution in [3.05, 3.63) is 76.8 Å². The van der Waals surface area contributed by atoms with Gasteiger partial charge >= 0.3 is 0 Å². The van der Waals surface area contributed by atoms with Gasteiger partial charge in [0.2, 0.25) is 5.89 Å². The van der Waals surface area contributed by atoms with Crippen LogP contribution < -0.4 is 15.4 Å². The minimum absolute atomic E-state index is 0.114. The molecule has 6 nitrogen and oxygen atoms in total. The number of carbonyl (C=O) groups is 1. The van der Waals surface area contributed by atoms with E-state index in [0.29, 0.717) is 27.6 Å². The molecule has 3 aromatic carbocycles. The second kappa shape index (κ2) is 10.2. The Morgan fingerprint density at radius 3 is 2.65 bits per heavy atom. The minimum Gasteiger partial charge on any atom is -0.491 e. The first-order chi connectivity index (χ1) is 16.3. The zero-order chi connectivity index (χ0) is 24.2. The predicted molar refractivity (Wildman–Crippen MR) is 140 cm³/mol. The number of carbonyl (C=O) groups excluding carboxylic acids is 1. The van der Waals surface area contributed by atoms with E-state index in [2.05, 4.69) is 22.5 Å². The average molecular weight is 494 g/mol. The van der Waals surface area contributed by atoms with Crippen molar-refractivity contribution in [3.8, 4) is 17.2 Å². The zero-order valence-electron chi connectivity index (χ0n) is 19.0. The van der Waals surface area contributed by atoms with E-state index in [4.69, 9.17) is 33.0 Å². The Balaban J connectivity index is 1.44. The van der Waals surface area contributed by atoms with Crippen molar-refractivity contribution in [3.63, 3.8) is 0 Å². The van der Waals surface area contributed by atoms with Gasteiger partial charge < -0.3 is 14.5 Å². The molecule has 174 valence electrons. The lowest BCUT2D eigenvalue weighted by molar-refractivity contribution is 0.0977. The van der Waals surface area contributed by atoms with Gasteiger partial charge in [0, 0.05) is 21.8 Å². The predicted octanol–water partition coefficient (Wildman–Crippen LogP) is 6.76. The smallest absolute Gasteiger partial charge is 0.257 e. The van der Waals surface area contributed by atoms with Gasteiger partial charge in [0.05, 0.1) is 6.10 Å². The molecule has 8 heteroatoms. The minimum atomic E-state index is -0.308. The van der Waals surface area contributed by atoms with E-state index in [1.54, 1.807) is 42.5 Å². The van der Waals surface area contributed by atoms with Crippen LogP contribution in [-0.2, 0) is 0 Å². The van der Waals surface area contributed by atoms with E-state index < -0.39 is 0 Å². The highest BCUT2D eigenvalue weighted by Gasteiger charge is 2.13. The third-order valence-corrected chi connectivity index (χ3v) is 5.78. The van der Waals surface area contributed by atoms with Gasteiger partial charge in [-0.3, -0.25) is 10.1 Å². The maximum absolute atomic E-state index is 12.6. The maximum Gasteiger partial charge on any atom is 0.257 e. The molecule has 0 saturated heterocycles. The summed E-state index contributed by atoms with van der Waals surface area (Å²) in [5, 5.41) is 6.59. The fourth-order valence-corrected chi connectivity index (χ4v) is 3.61. The topological polar surface area (TPSA) is 76.4 Å². The van der Waals surface area contributed by atoms with Gasteiger partial charge in [-0.1, -0.05) is 24.6 Å². The number of hydrogen-bond donors (Lipinski definition) is 2. The van der Waals surface area contributed by atoms with Crippen LogP contribution in [0.3, 0.4) is 0 Å². The van der Waals surface area contributed by atoms with Crippen LogP contribution in [0.5, 0.6) is 5.75 Å². The Morgan fingerprint density at radius 1 is 1.15 bits per heavy atom. The quantitative estimate of drug-likeness (QED) is 0.289. The number of aryl methyl sites for hydroxylation is 1. The molecule has 4 aromatic rings. The molecule has 0 aliphatic carbocycles. The third kappa shape index (κ3) is 5.55. The summed E-state index contributed by atoms with van der Waals surface area (Å²) in [5.74, 6) is 0.882. The van der Waals surface area contributed by atoms with Crippen molar-refractivity contribution < 1.29 is 13.9 Å². The lowest BCUT2D eigenvalue weighted by Gasteiger charge is -2.14. The molecule has 0 aliphatic rings. The maximum atomic E-state index is 12.6. The lowest BCUT2D eigenvalue weighted by Crippen LogP contribution is -2.34. The Hall–Kier alpha value is -3.42. The molecule has 0 bridgehead atoms. The van der Waals surface area contributed by atoms with Crippen molar-refractivity contribution in [1.82, 2.24) is 10.3 Å².